The molecular weight excluding hydrogens is 437 g/mol. The minimum absolute atomic E-state index is 0.0421. The van der Waals surface area contributed by atoms with Crippen molar-refractivity contribution in [2.45, 2.75) is 23.6 Å². The normalized spacial score (nSPS) is 18.0. The first-order valence-electron chi connectivity index (χ1n) is 9.44. The summed E-state index contributed by atoms with van der Waals surface area (Å²) in [6.45, 7) is 1.21. The number of carboxylic acid groups (broad SMARTS) is 1. The lowest BCUT2D eigenvalue weighted by Crippen LogP contribution is -2.40. The molecule has 1 aliphatic rings. The first-order valence-corrected chi connectivity index (χ1v) is 10.9. The third-order valence-corrected chi connectivity index (χ3v) is 6.42. The Morgan fingerprint density at radius 3 is 2.32 bits per heavy atom. The minimum Gasteiger partial charge on any atom is -0.489 e. The zero-order chi connectivity index (χ0) is 22.6. The smallest absolute Gasteiger partial charge is 0.416 e. The van der Waals surface area contributed by atoms with Gasteiger partial charge >= 0.3 is 12.1 Å². The summed E-state index contributed by atoms with van der Waals surface area (Å²) < 4.78 is 71.7. The van der Waals surface area contributed by atoms with Gasteiger partial charge in [0.25, 0.3) is 0 Å². The molecule has 1 unspecified atom stereocenters. The van der Waals surface area contributed by atoms with Crippen molar-refractivity contribution in [3.8, 4) is 5.75 Å². The molecule has 11 heteroatoms. The summed E-state index contributed by atoms with van der Waals surface area (Å²) in [5, 5.41) is 12.1. The summed E-state index contributed by atoms with van der Waals surface area (Å²) in [4.78, 5) is 10.8. The molecule has 2 aromatic rings. The van der Waals surface area contributed by atoms with Gasteiger partial charge in [-0.3, -0.25) is 0 Å². The van der Waals surface area contributed by atoms with Crippen molar-refractivity contribution in [2.75, 3.05) is 19.6 Å². The molecule has 0 saturated carbocycles. The molecule has 0 spiro atoms. The second kappa shape index (κ2) is 9.25. The van der Waals surface area contributed by atoms with E-state index in [9.17, 15) is 26.4 Å². The number of nitrogens with one attached hydrogen (secondary N) is 2. The van der Waals surface area contributed by atoms with Gasteiger partial charge in [0.15, 0.2) is 0 Å². The van der Waals surface area contributed by atoms with Crippen molar-refractivity contribution >= 4 is 16.0 Å². The van der Waals surface area contributed by atoms with E-state index in [4.69, 9.17) is 9.84 Å². The lowest BCUT2D eigenvalue weighted by molar-refractivity contribution is -0.137. The average molecular weight is 458 g/mol. The number of aromatic carboxylic acids is 1. The SMILES string of the molecule is O=C(O)c1ccc(S(=O)(=O)NC[C@@H](Oc2ccc(C(F)(F)F)cc2)C2CCNC2)cc1. The first-order chi connectivity index (χ1) is 14.6. The Morgan fingerprint density at radius 2 is 1.81 bits per heavy atom. The van der Waals surface area contributed by atoms with Gasteiger partial charge in [0.1, 0.15) is 11.9 Å². The summed E-state index contributed by atoms with van der Waals surface area (Å²) in [5.41, 5.74) is -0.844. The van der Waals surface area contributed by atoms with Gasteiger partial charge in [-0.1, -0.05) is 0 Å². The number of halogens is 3. The van der Waals surface area contributed by atoms with E-state index in [1.165, 1.54) is 36.4 Å². The van der Waals surface area contributed by atoms with Crippen LogP contribution >= 0.6 is 0 Å². The quantitative estimate of drug-likeness (QED) is 0.562. The van der Waals surface area contributed by atoms with E-state index in [-0.39, 0.29) is 28.7 Å². The molecule has 1 aliphatic heterocycles. The highest BCUT2D eigenvalue weighted by Gasteiger charge is 2.31. The van der Waals surface area contributed by atoms with Gasteiger partial charge in [-0.2, -0.15) is 13.2 Å². The largest absolute Gasteiger partial charge is 0.489 e. The maximum Gasteiger partial charge on any atom is 0.416 e. The summed E-state index contributed by atoms with van der Waals surface area (Å²) in [5.74, 6) is -1.01. The summed E-state index contributed by atoms with van der Waals surface area (Å²) >= 11 is 0. The number of hydrogen-bond donors (Lipinski definition) is 3. The Labute approximate surface area is 177 Å². The van der Waals surface area contributed by atoms with Crippen molar-refractivity contribution in [3.63, 3.8) is 0 Å². The van der Waals surface area contributed by atoms with Crippen LogP contribution in [-0.4, -0.2) is 45.2 Å². The van der Waals surface area contributed by atoms with Crippen LogP contribution in [0.3, 0.4) is 0 Å². The zero-order valence-corrected chi connectivity index (χ0v) is 17.0. The molecule has 3 N–H and O–H groups in total. The van der Waals surface area contributed by atoms with Gasteiger partial charge in [0.2, 0.25) is 10.0 Å². The number of benzene rings is 2. The number of sulfonamides is 1. The molecule has 0 amide bonds. The van der Waals surface area contributed by atoms with Crippen molar-refractivity contribution < 1.29 is 36.2 Å². The van der Waals surface area contributed by atoms with Crippen LogP contribution in [0.5, 0.6) is 5.75 Å². The standard InChI is InChI=1S/C20H21F3N2O5S/c21-20(22,23)15-3-5-16(6-4-15)30-18(14-9-10-24-11-14)12-25-31(28,29)17-7-1-13(2-8-17)19(26)27/h1-8,14,18,24-25H,9-12H2,(H,26,27)/t14?,18-/m1/s1. The zero-order valence-electron chi connectivity index (χ0n) is 16.2. The van der Waals surface area contributed by atoms with Gasteiger partial charge in [-0.15, -0.1) is 0 Å². The number of alkyl halides is 3. The Kier molecular flexibility index (Phi) is 6.87. The van der Waals surface area contributed by atoms with Gasteiger partial charge in [-0.25, -0.2) is 17.9 Å². The maximum absolute atomic E-state index is 12.8. The van der Waals surface area contributed by atoms with E-state index in [0.717, 1.165) is 25.1 Å². The Bertz CT molecular complexity index is 1000. The molecule has 0 aliphatic carbocycles. The molecule has 168 valence electrons. The van der Waals surface area contributed by atoms with Crippen molar-refractivity contribution in [2.24, 2.45) is 5.92 Å². The van der Waals surface area contributed by atoms with Gasteiger partial charge in [-0.05, 0) is 61.5 Å². The van der Waals surface area contributed by atoms with Crippen LogP contribution in [0.15, 0.2) is 53.4 Å². The molecule has 0 bridgehead atoms. The Hall–Kier alpha value is -2.63. The lowest BCUT2D eigenvalue weighted by Gasteiger charge is -2.25. The molecule has 2 aromatic carbocycles. The molecule has 7 nitrogen and oxygen atoms in total. The van der Waals surface area contributed by atoms with E-state index >= 15 is 0 Å². The third kappa shape index (κ3) is 5.96. The Morgan fingerprint density at radius 1 is 1.16 bits per heavy atom. The first kappa shape index (κ1) is 23.0. The number of carbonyl (C=O) groups is 1. The van der Waals surface area contributed by atoms with Crippen LogP contribution in [0.1, 0.15) is 22.3 Å². The molecule has 31 heavy (non-hydrogen) atoms. The topological polar surface area (TPSA) is 105 Å². The molecule has 0 aromatic heterocycles. The molecule has 3 rings (SSSR count). The molecular formula is C20H21F3N2O5S. The van der Waals surface area contributed by atoms with E-state index < -0.39 is 33.8 Å². The molecule has 1 heterocycles. The lowest BCUT2D eigenvalue weighted by atomic mass is 10.0. The molecule has 2 atom stereocenters. The van der Waals surface area contributed by atoms with Crippen LogP contribution < -0.4 is 14.8 Å². The fourth-order valence-electron chi connectivity index (χ4n) is 3.25. The molecule has 1 fully saturated rings. The van der Waals surface area contributed by atoms with E-state index in [0.29, 0.717) is 6.54 Å². The fourth-order valence-corrected chi connectivity index (χ4v) is 4.29. The van der Waals surface area contributed by atoms with Crippen LogP contribution in [-0.2, 0) is 16.2 Å². The van der Waals surface area contributed by atoms with Gasteiger partial charge < -0.3 is 15.2 Å². The van der Waals surface area contributed by atoms with Crippen molar-refractivity contribution in [1.82, 2.24) is 10.0 Å². The molecule has 1 saturated heterocycles. The van der Waals surface area contributed by atoms with Crippen LogP contribution in [0, 0.1) is 5.92 Å². The van der Waals surface area contributed by atoms with Crippen LogP contribution in [0.4, 0.5) is 13.2 Å². The van der Waals surface area contributed by atoms with Gasteiger partial charge in [0.05, 0.1) is 16.0 Å². The van der Waals surface area contributed by atoms with E-state index in [1.807, 2.05) is 0 Å². The summed E-state index contributed by atoms with van der Waals surface area (Å²) in [6.07, 6.45) is -4.35. The van der Waals surface area contributed by atoms with Gasteiger partial charge in [0, 0.05) is 19.0 Å². The monoisotopic (exact) mass is 458 g/mol. The van der Waals surface area contributed by atoms with E-state index in [1.54, 1.807) is 0 Å². The predicted octanol–water partition coefficient (Wildman–Crippen LogP) is 2.74. The highest BCUT2D eigenvalue weighted by molar-refractivity contribution is 7.89. The number of rotatable bonds is 8. The third-order valence-electron chi connectivity index (χ3n) is 4.98. The number of hydrogen-bond acceptors (Lipinski definition) is 5. The second-order valence-corrected chi connectivity index (χ2v) is 8.88. The van der Waals surface area contributed by atoms with Crippen LogP contribution in [0.25, 0.3) is 0 Å². The second-order valence-electron chi connectivity index (χ2n) is 7.11. The average Bonchev–Trinajstić information content (AvgIpc) is 3.25. The predicted molar refractivity (Wildman–Crippen MR) is 105 cm³/mol. The summed E-state index contributed by atoms with van der Waals surface area (Å²) in [6, 6.07) is 8.99. The highest BCUT2D eigenvalue weighted by atomic mass is 32.2. The van der Waals surface area contributed by atoms with Crippen molar-refractivity contribution in [1.29, 1.82) is 0 Å². The number of carboxylic acids is 1. The maximum atomic E-state index is 12.8. The van der Waals surface area contributed by atoms with E-state index in [2.05, 4.69) is 10.0 Å². The van der Waals surface area contributed by atoms with Crippen molar-refractivity contribution in [3.05, 3.63) is 59.7 Å². The Balaban J connectivity index is 1.71. The summed E-state index contributed by atoms with van der Waals surface area (Å²) in [7, 11) is -3.94. The minimum atomic E-state index is -4.46. The highest BCUT2D eigenvalue weighted by Crippen LogP contribution is 2.31. The molecule has 0 radical (unpaired) electrons. The number of ether oxygens (including phenoxy) is 1. The van der Waals surface area contributed by atoms with Crippen LogP contribution in [0.2, 0.25) is 0 Å². The fraction of sp³-hybridized carbons (Fsp3) is 0.350.